The quantitative estimate of drug-likeness (QED) is 0.367. The van der Waals surface area contributed by atoms with Crippen LogP contribution < -0.4 is 0 Å². The molecule has 6 heteroatoms. The number of benzene rings is 3. The van der Waals surface area contributed by atoms with Crippen molar-refractivity contribution in [2.45, 2.75) is 26.3 Å². The van der Waals surface area contributed by atoms with Crippen LogP contribution in [0, 0.1) is 28.4 Å². The molecule has 2 nitrogen and oxygen atoms in total. The van der Waals surface area contributed by atoms with Gasteiger partial charge in [0.1, 0.15) is 11.6 Å². The first-order valence-electron chi connectivity index (χ1n) is 10.6. The molecule has 3 aromatic carbocycles. The fraction of sp³-hybridized carbons (Fsp3) is 0.222. The average Bonchev–Trinajstić information content (AvgIpc) is 2.75. The molecule has 33 heavy (non-hydrogen) atoms. The second-order valence-electron chi connectivity index (χ2n) is 8.67. The van der Waals surface area contributed by atoms with Gasteiger partial charge in [-0.3, -0.25) is 0 Å². The van der Waals surface area contributed by atoms with E-state index in [0.717, 1.165) is 29.4 Å². The van der Waals surface area contributed by atoms with E-state index >= 15 is 0 Å². The molecule has 1 heterocycles. The minimum atomic E-state index is -0.960. The predicted molar refractivity (Wildman–Crippen MR) is 129 cm³/mol. The third-order valence-electron chi connectivity index (χ3n) is 5.96. The highest BCUT2D eigenvalue weighted by atomic mass is 35.5. The normalized spacial score (nSPS) is 15.3. The van der Waals surface area contributed by atoms with Gasteiger partial charge in [0, 0.05) is 34.8 Å². The molecule has 0 N–H and O–H groups in total. The van der Waals surface area contributed by atoms with Crippen molar-refractivity contribution in [3.8, 4) is 6.07 Å². The Morgan fingerprint density at radius 1 is 0.909 bits per heavy atom. The van der Waals surface area contributed by atoms with Crippen LogP contribution in [-0.2, 0) is 0 Å². The zero-order valence-corrected chi connectivity index (χ0v) is 19.8. The van der Waals surface area contributed by atoms with Crippen molar-refractivity contribution in [3.05, 3.63) is 111 Å². The van der Waals surface area contributed by atoms with Crippen LogP contribution in [0.1, 0.15) is 43.0 Å². The van der Waals surface area contributed by atoms with Gasteiger partial charge in [-0.15, -0.1) is 0 Å². The van der Waals surface area contributed by atoms with Gasteiger partial charge < -0.3 is 4.90 Å². The Morgan fingerprint density at radius 3 is 1.79 bits per heavy atom. The van der Waals surface area contributed by atoms with Gasteiger partial charge in [0.2, 0.25) is 0 Å². The largest absolute Gasteiger partial charge is 0.363 e. The van der Waals surface area contributed by atoms with Gasteiger partial charge in [-0.05, 0) is 72.5 Å². The molecule has 1 aliphatic heterocycles. The molecule has 0 radical (unpaired) electrons. The van der Waals surface area contributed by atoms with E-state index in [1.54, 1.807) is 13.8 Å². The third-order valence-corrected chi connectivity index (χ3v) is 6.47. The molecule has 0 atom stereocenters. The van der Waals surface area contributed by atoms with Crippen molar-refractivity contribution in [1.29, 1.82) is 5.26 Å². The van der Waals surface area contributed by atoms with Gasteiger partial charge >= 0.3 is 0 Å². The standard InChI is InChI=1S/C27H22Cl2F2N2/c1-27(2,16-32)25(19-13-22(30)15-23(31)14-19)24-11-12-33(24)26(17-3-7-20(28)8-4-17)18-5-9-21(29)10-6-18/h3-10,13-15,26H,11-12H2,1-2H3. The molecule has 168 valence electrons. The van der Waals surface area contributed by atoms with Gasteiger partial charge in [0.05, 0.1) is 17.5 Å². The van der Waals surface area contributed by atoms with Crippen LogP contribution in [0.15, 0.2) is 72.4 Å². The lowest BCUT2D eigenvalue weighted by atomic mass is 9.77. The maximum absolute atomic E-state index is 14.1. The Hall–Kier alpha value is -2.87. The van der Waals surface area contributed by atoms with Crippen molar-refractivity contribution in [2.75, 3.05) is 6.54 Å². The van der Waals surface area contributed by atoms with E-state index in [9.17, 15) is 14.0 Å². The zero-order chi connectivity index (χ0) is 23.8. The monoisotopic (exact) mass is 482 g/mol. The topological polar surface area (TPSA) is 27.0 Å². The first kappa shape index (κ1) is 23.3. The lowest BCUT2D eigenvalue weighted by Crippen LogP contribution is -2.41. The summed E-state index contributed by atoms with van der Waals surface area (Å²) in [6, 6.07) is 20.8. The lowest BCUT2D eigenvalue weighted by Gasteiger charge is -2.46. The highest BCUT2D eigenvalue weighted by Crippen LogP contribution is 2.47. The first-order chi connectivity index (χ1) is 15.7. The molecule has 1 saturated heterocycles. The van der Waals surface area contributed by atoms with Gasteiger partial charge in [-0.25, -0.2) is 8.78 Å². The van der Waals surface area contributed by atoms with Crippen LogP contribution in [0.3, 0.4) is 0 Å². The fourth-order valence-electron chi connectivity index (χ4n) is 4.39. The Morgan fingerprint density at radius 2 is 1.39 bits per heavy atom. The van der Waals surface area contributed by atoms with E-state index in [1.807, 2.05) is 48.5 Å². The van der Waals surface area contributed by atoms with E-state index in [-0.39, 0.29) is 6.04 Å². The second-order valence-corrected chi connectivity index (χ2v) is 9.54. The van der Waals surface area contributed by atoms with Gasteiger partial charge in [-0.1, -0.05) is 47.5 Å². The minimum Gasteiger partial charge on any atom is -0.363 e. The number of nitriles is 1. The smallest absolute Gasteiger partial charge is 0.126 e. The molecule has 3 aromatic rings. The summed E-state index contributed by atoms with van der Waals surface area (Å²) in [5.41, 5.74) is 2.96. The molecule has 0 bridgehead atoms. The van der Waals surface area contributed by atoms with Crippen molar-refractivity contribution < 1.29 is 8.78 Å². The van der Waals surface area contributed by atoms with Crippen molar-refractivity contribution in [1.82, 2.24) is 4.90 Å². The fourth-order valence-corrected chi connectivity index (χ4v) is 4.64. The highest BCUT2D eigenvalue weighted by Gasteiger charge is 2.37. The van der Waals surface area contributed by atoms with Gasteiger partial charge in [0.15, 0.2) is 0 Å². The van der Waals surface area contributed by atoms with Crippen LogP contribution in [0.25, 0.3) is 5.57 Å². The molecule has 1 fully saturated rings. The molecule has 0 saturated carbocycles. The predicted octanol–water partition coefficient (Wildman–Crippen LogP) is 8.03. The first-order valence-corrected chi connectivity index (χ1v) is 11.3. The van der Waals surface area contributed by atoms with Crippen LogP contribution in [-0.4, -0.2) is 11.4 Å². The summed E-state index contributed by atoms with van der Waals surface area (Å²) in [7, 11) is 0. The van der Waals surface area contributed by atoms with Crippen molar-refractivity contribution in [2.24, 2.45) is 5.41 Å². The third kappa shape index (κ3) is 4.76. The number of likely N-dealkylation sites (tertiary alicyclic amines) is 1. The molecular weight excluding hydrogens is 461 g/mol. The zero-order valence-electron chi connectivity index (χ0n) is 18.2. The SMILES string of the molecule is CC(C)(C#N)C(=C1CCN1C(c1ccc(Cl)cc1)c1ccc(Cl)cc1)c1cc(F)cc(F)c1. The number of hydrogen-bond acceptors (Lipinski definition) is 2. The average molecular weight is 483 g/mol. The number of rotatable bonds is 5. The van der Waals surface area contributed by atoms with E-state index < -0.39 is 17.0 Å². The Labute approximate surface area is 202 Å². The molecule has 0 aromatic heterocycles. The van der Waals surface area contributed by atoms with Gasteiger partial charge in [0.25, 0.3) is 0 Å². The summed E-state index contributed by atoms with van der Waals surface area (Å²) in [5.74, 6) is -1.34. The van der Waals surface area contributed by atoms with Gasteiger partial charge in [-0.2, -0.15) is 5.26 Å². The summed E-state index contributed by atoms with van der Waals surface area (Å²) in [6.07, 6.45) is 0.691. The summed E-state index contributed by atoms with van der Waals surface area (Å²) in [5, 5.41) is 11.2. The van der Waals surface area contributed by atoms with Crippen molar-refractivity contribution >= 4 is 28.8 Å². The Kier molecular flexibility index (Phi) is 6.47. The summed E-state index contributed by atoms with van der Waals surface area (Å²) >= 11 is 12.3. The molecule has 0 aliphatic carbocycles. The van der Waals surface area contributed by atoms with E-state index in [4.69, 9.17) is 23.2 Å². The van der Waals surface area contributed by atoms with Crippen LogP contribution in [0.5, 0.6) is 0 Å². The maximum Gasteiger partial charge on any atom is 0.126 e. The maximum atomic E-state index is 14.1. The van der Waals surface area contributed by atoms with E-state index in [0.29, 0.717) is 27.6 Å². The summed E-state index contributed by atoms with van der Waals surface area (Å²) < 4.78 is 28.3. The molecular formula is C27H22Cl2F2N2. The minimum absolute atomic E-state index is 0.175. The Bertz CT molecular complexity index is 1180. The van der Waals surface area contributed by atoms with E-state index in [1.165, 1.54) is 12.1 Å². The Balaban J connectivity index is 1.91. The molecule has 4 rings (SSSR count). The molecule has 0 spiro atoms. The molecule has 0 unspecified atom stereocenters. The van der Waals surface area contributed by atoms with Crippen LogP contribution in [0.2, 0.25) is 10.0 Å². The number of hydrogen-bond donors (Lipinski definition) is 0. The molecule has 0 amide bonds. The van der Waals surface area contributed by atoms with Crippen LogP contribution >= 0.6 is 23.2 Å². The van der Waals surface area contributed by atoms with Crippen LogP contribution in [0.4, 0.5) is 8.78 Å². The summed E-state index contributed by atoms with van der Waals surface area (Å²) in [6.45, 7) is 4.27. The molecule has 1 aliphatic rings. The highest BCUT2D eigenvalue weighted by molar-refractivity contribution is 6.30. The van der Waals surface area contributed by atoms with Crippen molar-refractivity contribution in [3.63, 3.8) is 0 Å². The van der Waals surface area contributed by atoms with E-state index in [2.05, 4.69) is 11.0 Å². The lowest BCUT2D eigenvalue weighted by molar-refractivity contribution is 0.208. The number of allylic oxidation sites excluding steroid dienone is 1. The number of halogens is 4. The second kappa shape index (κ2) is 9.17. The number of nitrogens with zero attached hydrogens (tertiary/aromatic N) is 2. The summed E-state index contributed by atoms with van der Waals surface area (Å²) in [4.78, 5) is 2.18.